The van der Waals surface area contributed by atoms with Gasteiger partial charge in [0, 0.05) is 0 Å². The van der Waals surface area contributed by atoms with E-state index in [0.717, 1.165) is 111 Å². The lowest BCUT2D eigenvalue weighted by atomic mass is 10.0. The molecule has 0 aliphatic heterocycles. The SMILES string of the molecule is CCCCCCCCCCOc1ccc(-c2ccc(C(=O)OCCCCCCCCCCOC(=O)c3ccc(-c4ccc(OCCCCCCCCCC)cc4)cc3)cc2)cc1. The van der Waals surface area contributed by atoms with Crippen LogP contribution < -0.4 is 9.47 Å². The van der Waals surface area contributed by atoms with Gasteiger partial charge in [-0.3, -0.25) is 0 Å². The molecule has 0 bridgehead atoms. The number of benzene rings is 4. The first-order chi connectivity index (χ1) is 30.6. The highest BCUT2D eigenvalue weighted by molar-refractivity contribution is 5.90. The van der Waals surface area contributed by atoms with Gasteiger partial charge in [-0.2, -0.15) is 0 Å². The van der Waals surface area contributed by atoms with Gasteiger partial charge >= 0.3 is 11.9 Å². The Morgan fingerprint density at radius 3 is 0.839 bits per heavy atom. The van der Waals surface area contributed by atoms with Crippen molar-refractivity contribution in [3.05, 3.63) is 108 Å². The summed E-state index contributed by atoms with van der Waals surface area (Å²) in [5.74, 6) is 1.27. The summed E-state index contributed by atoms with van der Waals surface area (Å²) in [5, 5.41) is 0. The van der Waals surface area contributed by atoms with Crippen molar-refractivity contribution in [1.29, 1.82) is 0 Å². The number of hydrogen-bond donors (Lipinski definition) is 0. The van der Waals surface area contributed by atoms with Crippen molar-refractivity contribution in [2.24, 2.45) is 0 Å². The summed E-state index contributed by atoms with van der Waals surface area (Å²) < 4.78 is 23.0. The van der Waals surface area contributed by atoms with Crippen LogP contribution in [0, 0.1) is 0 Å². The first-order valence-corrected chi connectivity index (χ1v) is 24.6. The number of rotatable bonds is 35. The summed E-state index contributed by atoms with van der Waals surface area (Å²) in [5.41, 5.74) is 5.47. The Hall–Kier alpha value is -4.58. The molecule has 4 aromatic rings. The molecule has 0 unspecified atom stereocenters. The third-order valence-corrected chi connectivity index (χ3v) is 11.7. The third-order valence-electron chi connectivity index (χ3n) is 11.7. The molecular formula is C56H78O6. The van der Waals surface area contributed by atoms with Crippen LogP contribution in [0.15, 0.2) is 97.1 Å². The molecule has 0 radical (unpaired) electrons. The van der Waals surface area contributed by atoms with Crippen molar-refractivity contribution in [3.63, 3.8) is 0 Å². The monoisotopic (exact) mass is 847 g/mol. The first-order valence-electron chi connectivity index (χ1n) is 24.6. The largest absolute Gasteiger partial charge is 0.494 e. The smallest absolute Gasteiger partial charge is 0.338 e. The molecule has 0 aliphatic rings. The highest BCUT2D eigenvalue weighted by Gasteiger charge is 2.10. The second-order valence-corrected chi connectivity index (χ2v) is 17.0. The van der Waals surface area contributed by atoms with Crippen LogP contribution in [0.3, 0.4) is 0 Å². The van der Waals surface area contributed by atoms with Crippen LogP contribution in [0.4, 0.5) is 0 Å². The van der Waals surface area contributed by atoms with Crippen LogP contribution in [0.1, 0.15) is 189 Å². The lowest BCUT2D eigenvalue weighted by Crippen LogP contribution is -2.06. The molecule has 0 fully saturated rings. The molecule has 0 spiro atoms. The normalized spacial score (nSPS) is 11.1. The Kier molecular flexibility index (Phi) is 26.0. The molecule has 0 aliphatic carbocycles. The van der Waals surface area contributed by atoms with Crippen LogP contribution >= 0.6 is 0 Å². The Morgan fingerprint density at radius 1 is 0.306 bits per heavy atom. The van der Waals surface area contributed by atoms with Gasteiger partial charge in [0.05, 0.1) is 37.6 Å². The minimum atomic E-state index is -0.269. The number of unbranched alkanes of at least 4 members (excludes halogenated alkanes) is 21. The fourth-order valence-corrected chi connectivity index (χ4v) is 7.70. The summed E-state index contributed by atoms with van der Waals surface area (Å²) in [6.07, 6.45) is 29.1. The van der Waals surface area contributed by atoms with E-state index in [-0.39, 0.29) is 11.9 Å². The Labute approximate surface area is 375 Å². The highest BCUT2D eigenvalue weighted by atomic mass is 16.5. The standard InChI is InChI=1S/C56H78O6/c1-3-5-7-9-11-15-19-23-43-59-53-39-35-49(36-40-53)47-27-31-51(32-28-47)55(57)61-45-25-21-17-13-14-18-22-26-46-62-56(58)52-33-29-48(30-34-52)50-37-41-54(42-38-50)60-44-24-20-16-12-10-8-6-4-2/h27-42H,3-26,43-46H2,1-2H3. The van der Waals surface area contributed by atoms with Gasteiger partial charge in [0.15, 0.2) is 0 Å². The van der Waals surface area contributed by atoms with Crippen LogP contribution in [-0.2, 0) is 9.47 Å². The van der Waals surface area contributed by atoms with Crippen molar-refractivity contribution in [2.75, 3.05) is 26.4 Å². The molecule has 0 amide bonds. The summed E-state index contributed by atoms with van der Waals surface area (Å²) in [7, 11) is 0. The molecule has 6 heteroatoms. The first kappa shape index (κ1) is 50.1. The van der Waals surface area contributed by atoms with Gasteiger partial charge in [-0.25, -0.2) is 9.59 Å². The molecular weight excluding hydrogens is 769 g/mol. The van der Waals surface area contributed by atoms with E-state index in [1.807, 2.05) is 72.8 Å². The fourth-order valence-electron chi connectivity index (χ4n) is 7.70. The van der Waals surface area contributed by atoms with Gasteiger partial charge in [-0.15, -0.1) is 0 Å². The maximum atomic E-state index is 12.6. The Morgan fingerprint density at radius 2 is 0.548 bits per heavy atom. The minimum absolute atomic E-state index is 0.269. The van der Waals surface area contributed by atoms with E-state index in [2.05, 4.69) is 38.1 Å². The molecule has 0 heterocycles. The van der Waals surface area contributed by atoms with E-state index in [1.54, 1.807) is 0 Å². The quantitative estimate of drug-likeness (QED) is 0.0339. The van der Waals surface area contributed by atoms with Gasteiger partial charge in [-0.05, 0) is 96.5 Å². The van der Waals surface area contributed by atoms with Gasteiger partial charge < -0.3 is 18.9 Å². The molecule has 0 saturated carbocycles. The van der Waals surface area contributed by atoms with Crippen LogP contribution in [0.5, 0.6) is 11.5 Å². The zero-order chi connectivity index (χ0) is 43.7. The van der Waals surface area contributed by atoms with E-state index in [1.165, 1.54) is 89.9 Å². The molecule has 0 N–H and O–H groups in total. The molecule has 62 heavy (non-hydrogen) atoms. The van der Waals surface area contributed by atoms with E-state index in [0.29, 0.717) is 24.3 Å². The molecule has 0 aromatic heterocycles. The third kappa shape index (κ3) is 21.0. The van der Waals surface area contributed by atoms with Crippen LogP contribution in [0.25, 0.3) is 22.3 Å². The number of esters is 2. The van der Waals surface area contributed by atoms with E-state index >= 15 is 0 Å². The lowest BCUT2D eigenvalue weighted by Gasteiger charge is -2.09. The molecule has 0 atom stereocenters. The summed E-state index contributed by atoms with van der Waals surface area (Å²) in [4.78, 5) is 25.2. The zero-order valence-electron chi connectivity index (χ0n) is 38.5. The van der Waals surface area contributed by atoms with Crippen molar-refractivity contribution in [2.45, 2.75) is 168 Å². The van der Waals surface area contributed by atoms with Crippen LogP contribution in [0.2, 0.25) is 0 Å². The molecule has 6 nitrogen and oxygen atoms in total. The summed E-state index contributed by atoms with van der Waals surface area (Å²) in [6.45, 7) is 6.92. The second kappa shape index (κ2) is 32.1. The number of hydrogen-bond acceptors (Lipinski definition) is 6. The number of carbonyl (C=O) groups excluding carboxylic acids is 2. The Balaban J connectivity index is 0.960. The molecule has 0 saturated heterocycles. The fraction of sp³-hybridized carbons (Fsp3) is 0.536. The topological polar surface area (TPSA) is 71.1 Å². The van der Waals surface area contributed by atoms with Gasteiger partial charge in [-0.1, -0.05) is 191 Å². The predicted octanol–water partition coefficient (Wildman–Crippen LogP) is 16.2. The number of carbonyl (C=O) groups is 2. The zero-order valence-corrected chi connectivity index (χ0v) is 38.5. The van der Waals surface area contributed by atoms with Crippen molar-refractivity contribution in [1.82, 2.24) is 0 Å². The van der Waals surface area contributed by atoms with Crippen molar-refractivity contribution in [3.8, 4) is 33.8 Å². The van der Waals surface area contributed by atoms with Gasteiger partial charge in [0.1, 0.15) is 11.5 Å². The van der Waals surface area contributed by atoms with Gasteiger partial charge in [0.2, 0.25) is 0 Å². The van der Waals surface area contributed by atoms with Crippen molar-refractivity contribution < 1.29 is 28.5 Å². The second-order valence-electron chi connectivity index (χ2n) is 17.0. The highest BCUT2D eigenvalue weighted by Crippen LogP contribution is 2.25. The number of ether oxygens (including phenoxy) is 4. The average Bonchev–Trinajstić information content (AvgIpc) is 3.31. The molecule has 338 valence electrons. The van der Waals surface area contributed by atoms with E-state index in [4.69, 9.17) is 18.9 Å². The summed E-state index contributed by atoms with van der Waals surface area (Å²) >= 11 is 0. The predicted molar refractivity (Wildman–Crippen MR) is 257 cm³/mol. The lowest BCUT2D eigenvalue weighted by molar-refractivity contribution is 0.0487. The molecule has 4 rings (SSSR count). The van der Waals surface area contributed by atoms with E-state index in [9.17, 15) is 9.59 Å². The maximum absolute atomic E-state index is 12.6. The summed E-state index contributed by atoms with van der Waals surface area (Å²) in [6, 6.07) is 31.7. The molecule has 4 aromatic carbocycles. The van der Waals surface area contributed by atoms with E-state index < -0.39 is 0 Å². The van der Waals surface area contributed by atoms with Crippen LogP contribution in [-0.4, -0.2) is 38.4 Å². The van der Waals surface area contributed by atoms with Crippen molar-refractivity contribution >= 4 is 11.9 Å². The minimum Gasteiger partial charge on any atom is -0.494 e. The maximum Gasteiger partial charge on any atom is 0.338 e. The van der Waals surface area contributed by atoms with Gasteiger partial charge in [0.25, 0.3) is 0 Å². The Bertz CT molecular complexity index is 1600. The average molecular weight is 847 g/mol.